The van der Waals surface area contributed by atoms with E-state index in [1.807, 2.05) is 17.6 Å². The lowest BCUT2D eigenvalue weighted by Crippen LogP contribution is -2.38. The van der Waals surface area contributed by atoms with Gasteiger partial charge in [-0.1, -0.05) is 11.6 Å². The SMILES string of the molecule is Cc1c(Cl)ccc2c(-n3ccnc3)cc(N3C[C@H](NS(C)(=O)=O)C[C@H]3C(=O)O)nc12. The highest BCUT2D eigenvalue weighted by Gasteiger charge is 2.39. The molecule has 0 aliphatic carbocycles. The number of hydrogen-bond acceptors (Lipinski definition) is 6. The summed E-state index contributed by atoms with van der Waals surface area (Å²) in [6.07, 6.45) is 6.28. The zero-order chi connectivity index (χ0) is 21.6. The molecule has 2 N–H and O–H groups in total. The molecule has 1 aliphatic rings. The van der Waals surface area contributed by atoms with Crippen LogP contribution in [-0.4, -0.2) is 58.9 Å². The van der Waals surface area contributed by atoms with Gasteiger partial charge in [0, 0.05) is 41.5 Å². The summed E-state index contributed by atoms with van der Waals surface area (Å²) < 4.78 is 27.6. The monoisotopic (exact) mass is 449 g/mol. The maximum absolute atomic E-state index is 11.9. The minimum Gasteiger partial charge on any atom is -0.480 e. The molecule has 1 fully saturated rings. The van der Waals surface area contributed by atoms with Crippen LogP contribution < -0.4 is 9.62 Å². The van der Waals surface area contributed by atoms with Gasteiger partial charge in [0.05, 0.1) is 23.8 Å². The van der Waals surface area contributed by atoms with Crippen LogP contribution in [0.2, 0.25) is 5.02 Å². The normalized spacial score (nSPS) is 19.5. The molecule has 30 heavy (non-hydrogen) atoms. The predicted molar refractivity (Wildman–Crippen MR) is 114 cm³/mol. The molecule has 0 saturated carbocycles. The number of rotatable bonds is 5. The first kappa shape index (κ1) is 20.6. The first-order valence-electron chi connectivity index (χ1n) is 9.19. The van der Waals surface area contributed by atoms with Gasteiger partial charge < -0.3 is 14.6 Å². The molecule has 11 heteroatoms. The van der Waals surface area contributed by atoms with E-state index in [9.17, 15) is 18.3 Å². The van der Waals surface area contributed by atoms with Gasteiger partial charge in [-0.3, -0.25) is 0 Å². The van der Waals surface area contributed by atoms with Crippen LogP contribution >= 0.6 is 11.6 Å². The highest BCUT2D eigenvalue weighted by Crippen LogP contribution is 2.34. The number of aliphatic carboxylic acids is 1. The van der Waals surface area contributed by atoms with Gasteiger partial charge in [-0.05, 0) is 31.0 Å². The summed E-state index contributed by atoms with van der Waals surface area (Å²) in [6.45, 7) is 2.04. The van der Waals surface area contributed by atoms with Crippen LogP contribution in [0.25, 0.3) is 16.6 Å². The van der Waals surface area contributed by atoms with E-state index in [1.54, 1.807) is 35.8 Å². The van der Waals surface area contributed by atoms with Crippen molar-refractivity contribution in [2.45, 2.75) is 25.4 Å². The standard InChI is InChI=1S/C19H20ClN5O4S/c1-11-14(20)4-3-13-15(24-6-5-21-10-24)8-17(22-18(11)13)25-9-12(23-30(2,28)29)7-16(25)19(26)27/h3-6,8,10,12,16,23H,7,9H2,1-2H3,(H,26,27)/t12-,16+/m1/s1. The zero-order valence-corrected chi connectivity index (χ0v) is 17.9. The fourth-order valence-corrected chi connectivity index (χ4v) is 4.78. The van der Waals surface area contributed by atoms with Crippen LogP contribution in [0.1, 0.15) is 12.0 Å². The molecule has 4 rings (SSSR count). The fourth-order valence-electron chi connectivity index (χ4n) is 3.85. The largest absolute Gasteiger partial charge is 0.480 e. The summed E-state index contributed by atoms with van der Waals surface area (Å²) in [5, 5.41) is 11.1. The number of pyridine rings is 1. The number of carboxylic acid groups (broad SMARTS) is 1. The van der Waals surface area contributed by atoms with Crippen molar-refractivity contribution in [3.05, 3.63) is 47.5 Å². The van der Waals surface area contributed by atoms with Crippen molar-refractivity contribution in [3.63, 3.8) is 0 Å². The number of aromatic nitrogens is 3. The number of nitrogens with zero attached hydrogens (tertiary/aromatic N) is 4. The second kappa shape index (κ2) is 7.53. The van der Waals surface area contributed by atoms with Crippen LogP contribution in [0.15, 0.2) is 36.9 Å². The number of halogens is 1. The molecule has 0 bridgehead atoms. The quantitative estimate of drug-likeness (QED) is 0.611. The number of hydrogen-bond donors (Lipinski definition) is 2. The Morgan fingerprint density at radius 1 is 1.37 bits per heavy atom. The molecule has 0 spiro atoms. The molecule has 158 valence electrons. The van der Waals surface area contributed by atoms with Crippen LogP contribution in [-0.2, 0) is 14.8 Å². The molecular formula is C19H20ClN5O4S. The Balaban J connectivity index is 1.87. The third-order valence-corrected chi connectivity index (χ3v) is 6.35. The zero-order valence-electron chi connectivity index (χ0n) is 16.3. The number of sulfonamides is 1. The lowest BCUT2D eigenvalue weighted by molar-refractivity contribution is -0.138. The van der Waals surface area contributed by atoms with E-state index in [4.69, 9.17) is 16.6 Å². The second-order valence-electron chi connectivity index (χ2n) is 7.37. The van der Waals surface area contributed by atoms with Crippen molar-refractivity contribution in [3.8, 4) is 5.69 Å². The molecule has 1 aliphatic heterocycles. The summed E-state index contributed by atoms with van der Waals surface area (Å²) in [5.41, 5.74) is 2.19. The minimum absolute atomic E-state index is 0.136. The summed E-state index contributed by atoms with van der Waals surface area (Å²) in [4.78, 5) is 22.3. The molecule has 0 unspecified atom stereocenters. The Morgan fingerprint density at radius 3 is 2.77 bits per heavy atom. The highest BCUT2D eigenvalue weighted by molar-refractivity contribution is 7.88. The third-order valence-electron chi connectivity index (χ3n) is 5.18. The molecule has 1 saturated heterocycles. The average molecular weight is 450 g/mol. The molecular weight excluding hydrogens is 430 g/mol. The first-order chi connectivity index (χ1) is 14.1. The van der Waals surface area contributed by atoms with Gasteiger partial charge in [0.15, 0.2) is 0 Å². The average Bonchev–Trinajstić information content (AvgIpc) is 3.33. The number of aryl methyl sites for hydroxylation is 1. The van der Waals surface area contributed by atoms with Crippen molar-refractivity contribution >= 4 is 44.3 Å². The summed E-state index contributed by atoms with van der Waals surface area (Å²) in [7, 11) is -3.47. The number of fused-ring (bicyclic) bond motifs is 1. The second-order valence-corrected chi connectivity index (χ2v) is 9.55. The Labute approximate surface area is 178 Å². The number of imidazole rings is 1. The molecule has 9 nitrogen and oxygen atoms in total. The van der Waals surface area contributed by atoms with Crippen molar-refractivity contribution in [1.29, 1.82) is 0 Å². The van der Waals surface area contributed by atoms with Crippen molar-refractivity contribution < 1.29 is 18.3 Å². The summed E-state index contributed by atoms with van der Waals surface area (Å²) >= 11 is 6.31. The molecule has 2 atom stereocenters. The Bertz CT molecular complexity index is 1230. The topological polar surface area (TPSA) is 117 Å². The van der Waals surface area contributed by atoms with Gasteiger partial charge in [0.1, 0.15) is 11.9 Å². The van der Waals surface area contributed by atoms with Crippen molar-refractivity contribution in [2.24, 2.45) is 0 Å². The van der Waals surface area contributed by atoms with Crippen molar-refractivity contribution in [2.75, 3.05) is 17.7 Å². The van der Waals surface area contributed by atoms with Crippen molar-refractivity contribution in [1.82, 2.24) is 19.3 Å². The van der Waals surface area contributed by atoms with Crippen LogP contribution in [0.5, 0.6) is 0 Å². The maximum Gasteiger partial charge on any atom is 0.326 e. The molecule has 3 heterocycles. The Hall–Kier alpha value is -2.69. The number of benzene rings is 1. The van der Waals surface area contributed by atoms with E-state index >= 15 is 0 Å². The van der Waals surface area contributed by atoms with Crippen LogP contribution in [0.4, 0.5) is 5.82 Å². The lowest BCUT2D eigenvalue weighted by atomic mass is 10.1. The Kier molecular flexibility index (Phi) is 5.16. The van der Waals surface area contributed by atoms with Gasteiger partial charge in [-0.2, -0.15) is 0 Å². The van der Waals surface area contributed by atoms with Crippen LogP contribution in [0.3, 0.4) is 0 Å². The smallest absolute Gasteiger partial charge is 0.326 e. The van der Waals surface area contributed by atoms with E-state index in [0.717, 1.165) is 22.9 Å². The van der Waals surface area contributed by atoms with E-state index in [0.29, 0.717) is 16.4 Å². The molecule has 1 aromatic carbocycles. The molecule has 2 aromatic heterocycles. The summed E-state index contributed by atoms with van der Waals surface area (Å²) in [6, 6.07) is 4.00. The van der Waals surface area contributed by atoms with E-state index < -0.39 is 28.1 Å². The van der Waals surface area contributed by atoms with Gasteiger partial charge in [0.25, 0.3) is 0 Å². The highest BCUT2D eigenvalue weighted by atomic mass is 35.5. The number of nitrogens with one attached hydrogen (secondary N) is 1. The molecule has 3 aromatic rings. The maximum atomic E-state index is 11.9. The third kappa shape index (κ3) is 3.85. The van der Waals surface area contributed by atoms with Gasteiger partial charge in [-0.25, -0.2) is 27.9 Å². The molecule has 0 radical (unpaired) electrons. The minimum atomic E-state index is -3.47. The van der Waals surface area contributed by atoms with Gasteiger partial charge >= 0.3 is 5.97 Å². The predicted octanol–water partition coefficient (Wildman–Crippen LogP) is 1.96. The van der Waals surface area contributed by atoms with Gasteiger partial charge in [-0.15, -0.1) is 0 Å². The lowest BCUT2D eigenvalue weighted by Gasteiger charge is -2.24. The van der Waals surface area contributed by atoms with Crippen LogP contribution in [0, 0.1) is 6.92 Å². The summed E-state index contributed by atoms with van der Waals surface area (Å²) in [5.74, 6) is -0.608. The van der Waals surface area contributed by atoms with E-state index in [2.05, 4.69) is 9.71 Å². The number of carboxylic acids is 1. The first-order valence-corrected chi connectivity index (χ1v) is 11.5. The number of carbonyl (C=O) groups is 1. The fraction of sp³-hybridized carbons (Fsp3) is 0.316. The molecule has 0 amide bonds. The Morgan fingerprint density at radius 2 is 2.13 bits per heavy atom. The van der Waals surface area contributed by atoms with E-state index in [-0.39, 0.29) is 13.0 Å². The van der Waals surface area contributed by atoms with E-state index in [1.165, 1.54) is 0 Å². The van der Waals surface area contributed by atoms with Gasteiger partial charge in [0.2, 0.25) is 10.0 Å². The number of anilines is 1.